The molecule has 0 saturated carbocycles. The van der Waals surface area contributed by atoms with Crippen LogP contribution in [0.25, 0.3) is 11.6 Å². The second kappa shape index (κ2) is 4.80. The van der Waals surface area contributed by atoms with Gasteiger partial charge < -0.3 is 10.4 Å². The number of phenols is 1. The summed E-state index contributed by atoms with van der Waals surface area (Å²) < 4.78 is 0.606. The van der Waals surface area contributed by atoms with Crippen LogP contribution in [0.4, 0.5) is 5.69 Å². The largest absolute Gasteiger partial charge is 0.507 e. The number of benzene rings is 2. The number of amides is 1. The average Bonchev–Trinajstić information content (AvgIpc) is 2.70. The topological polar surface area (TPSA) is 49.3 Å². The summed E-state index contributed by atoms with van der Waals surface area (Å²) in [6.07, 6.45) is 1.82. The molecule has 0 spiro atoms. The van der Waals surface area contributed by atoms with Crippen LogP contribution in [0.1, 0.15) is 16.7 Å². The van der Waals surface area contributed by atoms with Gasteiger partial charge in [-0.15, -0.1) is 0 Å². The number of carbonyl (C=O) groups is 1. The summed E-state index contributed by atoms with van der Waals surface area (Å²) in [6.45, 7) is 2.00. The third-order valence-corrected chi connectivity index (χ3v) is 3.88. The Balaban J connectivity index is 2.10. The van der Waals surface area contributed by atoms with E-state index in [1.807, 2.05) is 31.2 Å². The molecule has 1 aliphatic rings. The van der Waals surface area contributed by atoms with Crippen molar-refractivity contribution in [1.29, 1.82) is 0 Å². The van der Waals surface area contributed by atoms with E-state index in [2.05, 4.69) is 21.2 Å². The van der Waals surface area contributed by atoms with Crippen molar-refractivity contribution in [3.63, 3.8) is 0 Å². The molecule has 2 aromatic rings. The highest BCUT2D eigenvalue weighted by molar-refractivity contribution is 9.10. The summed E-state index contributed by atoms with van der Waals surface area (Å²) in [7, 11) is 0. The summed E-state index contributed by atoms with van der Waals surface area (Å²) >= 11 is 3.27. The van der Waals surface area contributed by atoms with E-state index in [0.29, 0.717) is 10.0 Å². The van der Waals surface area contributed by atoms with Crippen molar-refractivity contribution in [3.05, 3.63) is 57.6 Å². The Morgan fingerprint density at radius 3 is 2.75 bits per heavy atom. The zero-order valence-electron chi connectivity index (χ0n) is 10.8. The first-order chi connectivity index (χ1) is 9.54. The van der Waals surface area contributed by atoms with Crippen molar-refractivity contribution in [2.45, 2.75) is 6.92 Å². The number of nitrogens with one attached hydrogen (secondary N) is 1. The Hall–Kier alpha value is -2.07. The fourth-order valence-electron chi connectivity index (χ4n) is 2.22. The zero-order chi connectivity index (χ0) is 14.3. The summed E-state index contributed by atoms with van der Waals surface area (Å²) in [4.78, 5) is 12.1. The average molecular weight is 330 g/mol. The van der Waals surface area contributed by atoms with Gasteiger partial charge in [0.1, 0.15) is 5.75 Å². The number of aromatic hydroxyl groups is 1. The first-order valence-electron chi connectivity index (χ1n) is 6.17. The first-order valence-corrected chi connectivity index (χ1v) is 6.96. The van der Waals surface area contributed by atoms with Crippen LogP contribution in [-0.4, -0.2) is 11.0 Å². The Morgan fingerprint density at radius 2 is 2.00 bits per heavy atom. The zero-order valence-corrected chi connectivity index (χ0v) is 12.4. The molecule has 100 valence electrons. The second-order valence-electron chi connectivity index (χ2n) is 4.77. The molecular formula is C16H12BrNO2. The lowest BCUT2D eigenvalue weighted by atomic mass is 10.0. The summed E-state index contributed by atoms with van der Waals surface area (Å²) in [5.74, 6) is 0.0778. The lowest BCUT2D eigenvalue weighted by molar-refractivity contribution is -0.110. The van der Waals surface area contributed by atoms with E-state index in [1.165, 1.54) is 0 Å². The number of anilines is 1. The van der Waals surface area contributed by atoms with E-state index in [9.17, 15) is 9.90 Å². The molecule has 3 rings (SSSR count). The summed E-state index contributed by atoms with van der Waals surface area (Å²) in [5.41, 5.74) is 4.36. The van der Waals surface area contributed by atoms with Gasteiger partial charge in [-0.3, -0.25) is 4.79 Å². The number of fused-ring (bicyclic) bond motifs is 1. The van der Waals surface area contributed by atoms with Crippen molar-refractivity contribution in [2.75, 3.05) is 5.32 Å². The molecule has 0 fully saturated rings. The van der Waals surface area contributed by atoms with Gasteiger partial charge in [-0.1, -0.05) is 17.7 Å². The standard InChI is InChI=1S/C16H12BrNO2/c1-9-2-4-14-11(6-9)12(16(20)18-14)7-10-3-5-15(19)13(17)8-10/h2-8,19H,1H3,(H,18,20)/b12-7-. The predicted octanol–water partition coefficient (Wildman–Crippen LogP) is 3.96. The molecule has 0 aliphatic carbocycles. The number of phenolic OH excluding ortho intramolecular Hbond substituents is 1. The number of carbonyl (C=O) groups excluding carboxylic acids is 1. The Morgan fingerprint density at radius 1 is 1.20 bits per heavy atom. The smallest absolute Gasteiger partial charge is 0.256 e. The van der Waals surface area contributed by atoms with Gasteiger partial charge >= 0.3 is 0 Å². The second-order valence-corrected chi connectivity index (χ2v) is 5.63. The van der Waals surface area contributed by atoms with E-state index in [4.69, 9.17) is 0 Å². The maximum atomic E-state index is 12.1. The molecule has 2 N–H and O–H groups in total. The van der Waals surface area contributed by atoms with Gasteiger partial charge in [-0.25, -0.2) is 0 Å². The Labute approximate surface area is 125 Å². The highest BCUT2D eigenvalue weighted by Gasteiger charge is 2.23. The molecule has 1 heterocycles. The number of halogens is 1. The number of rotatable bonds is 1. The number of hydrogen-bond donors (Lipinski definition) is 2. The van der Waals surface area contributed by atoms with E-state index >= 15 is 0 Å². The van der Waals surface area contributed by atoms with Crippen LogP contribution < -0.4 is 5.32 Å². The lowest BCUT2D eigenvalue weighted by Crippen LogP contribution is -2.03. The van der Waals surface area contributed by atoms with Crippen LogP contribution in [0, 0.1) is 6.92 Å². The fraction of sp³-hybridized carbons (Fsp3) is 0.0625. The highest BCUT2D eigenvalue weighted by Crippen LogP contribution is 2.34. The van der Waals surface area contributed by atoms with Crippen LogP contribution in [-0.2, 0) is 4.79 Å². The fourth-order valence-corrected chi connectivity index (χ4v) is 2.62. The van der Waals surface area contributed by atoms with Crippen molar-refractivity contribution in [1.82, 2.24) is 0 Å². The first kappa shape index (κ1) is 12.9. The molecule has 4 heteroatoms. The van der Waals surface area contributed by atoms with Crippen LogP contribution >= 0.6 is 15.9 Å². The van der Waals surface area contributed by atoms with Gasteiger partial charge in [0.15, 0.2) is 0 Å². The minimum Gasteiger partial charge on any atom is -0.507 e. The van der Waals surface area contributed by atoms with Gasteiger partial charge in [0.25, 0.3) is 5.91 Å². The predicted molar refractivity (Wildman–Crippen MR) is 83.5 cm³/mol. The van der Waals surface area contributed by atoms with Crippen molar-refractivity contribution < 1.29 is 9.90 Å². The molecule has 1 aliphatic heterocycles. The number of aryl methyl sites for hydroxylation is 1. The lowest BCUT2D eigenvalue weighted by Gasteiger charge is -2.02. The van der Waals surface area contributed by atoms with Gasteiger partial charge in [-0.2, -0.15) is 0 Å². The van der Waals surface area contributed by atoms with E-state index < -0.39 is 0 Å². The summed E-state index contributed by atoms with van der Waals surface area (Å²) in [6, 6.07) is 11.0. The molecular weight excluding hydrogens is 318 g/mol. The molecule has 0 aromatic heterocycles. The minimum atomic E-state index is -0.102. The van der Waals surface area contributed by atoms with Gasteiger partial charge in [0, 0.05) is 16.8 Å². The monoisotopic (exact) mass is 329 g/mol. The molecule has 3 nitrogen and oxygen atoms in total. The van der Waals surface area contributed by atoms with Crippen molar-refractivity contribution in [3.8, 4) is 5.75 Å². The van der Waals surface area contributed by atoms with Crippen LogP contribution in [0.5, 0.6) is 5.75 Å². The van der Waals surface area contributed by atoms with Crippen LogP contribution in [0.15, 0.2) is 40.9 Å². The van der Waals surface area contributed by atoms with Crippen molar-refractivity contribution in [2.24, 2.45) is 0 Å². The quantitative estimate of drug-likeness (QED) is 0.778. The summed E-state index contributed by atoms with van der Waals surface area (Å²) in [5, 5.41) is 12.4. The third-order valence-electron chi connectivity index (χ3n) is 3.24. The molecule has 0 radical (unpaired) electrons. The molecule has 2 aromatic carbocycles. The van der Waals surface area contributed by atoms with Gasteiger partial charge in [-0.05, 0) is 58.8 Å². The van der Waals surface area contributed by atoms with E-state index in [1.54, 1.807) is 18.2 Å². The molecule has 1 amide bonds. The van der Waals surface area contributed by atoms with E-state index in [0.717, 1.165) is 22.4 Å². The Bertz CT molecular complexity index is 750. The normalized spacial score (nSPS) is 15.3. The molecule has 0 saturated heterocycles. The molecule has 0 bridgehead atoms. The van der Waals surface area contributed by atoms with Gasteiger partial charge in [0.2, 0.25) is 0 Å². The minimum absolute atomic E-state index is 0.102. The van der Waals surface area contributed by atoms with Gasteiger partial charge in [0.05, 0.1) is 4.47 Å². The third kappa shape index (κ3) is 2.23. The molecule has 20 heavy (non-hydrogen) atoms. The highest BCUT2D eigenvalue weighted by atomic mass is 79.9. The maximum Gasteiger partial charge on any atom is 0.256 e. The van der Waals surface area contributed by atoms with Crippen molar-refractivity contribution >= 4 is 39.2 Å². The van der Waals surface area contributed by atoms with Crippen LogP contribution in [0.3, 0.4) is 0 Å². The molecule has 0 atom stereocenters. The molecule has 0 unspecified atom stereocenters. The SMILES string of the molecule is Cc1ccc2c(c1)/C(=C/c1ccc(O)c(Br)c1)C(=O)N2. The van der Waals surface area contributed by atoms with E-state index in [-0.39, 0.29) is 11.7 Å². The maximum absolute atomic E-state index is 12.1. The number of hydrogen-bond acceptors (Lipinski definition) is 2. The Kier molecular flexibility index (Phi) is 3.10. The van der Waals surface area contributed by atoms with Crippen LogP contribution in [0.2, 0.25) is 0 Å².